The van der Waals surface area contributed by atoms with E-state index >= 15 is 0 Å². The van der Waals surface area contributed by atoms with E-state index in [1.807, 2.05) is 18.2 Å². The number of hydrogen-bond acceptors (Lipinski definition) is 4. The molecule has 90 valence electrons. The second kappa shape index (κ2) is 4.33. The molecule has 2 aromatic heterocycles. The summed E-state index contributed by atoms with van der Waals surface area (Å²) in [7, 11) is 0. The molecule has 7 heteroatoms. The summed E-state index contributed by atoms with van der Waals surface area (Å²) in [5.41, 5.74) is 7.92. The number of aromatic amines is 1. The van der Waals surface area contributed by atoms with E-state index in [-0.39, 0.29) is 0 Å². The van der Waals surface area contributed by atoms with Crippen LogP contribution in [0.2, 0.25) is 0 Å². The predicted octanol–water partition coefficient (Wildman–Crippen LogP) is 3.13. The van der Waals surface area contributed by atoms with E-state index in [1.165, 1.54) is 6.33 Å². The van der Waals surface area contributed by atoms with Gasteiger partial charge in [0.25, 0.3) is 0 Å². The Morgan fingerprint density at radius 2 is 1.78 bits per heavy atom. The highest BCUT2D eigenvalue weighted by Gasteiger charge is 2.10. The molecular weight excluding hydrogens is 362 g/mol. The van der Waals surface area contributed by atoms with Crippen LogP contribution in [0.1, 0.15) is 0 Å². The zero-order chi connectivity index (χ0) is 12.7. The molecular formula is C11H7Br2N5. The fourth-order valence-corrected chi connectivity index (χ4v) is 2.97. The number of nitrogen functional groups attached to an aromatic ring is 1. The molecule has 0 fully saturated rings. The van der Waals surface area contributed by atoms with Crippen molar-refractivity contribution in [3.8, 4) is 11.4 Å². The number of nitrogens with two attached hydrogens (primary N) is 1. The van der Waals surface area contributed by atoms with Crippen molar-refractivity contribution in [2.45, 2.75) is 0 Å². The highest BCUT2D eigenvalue weighted by atomic mass is 79.9. The lowest BCUT2D eigenvalue weighted by Crippen LogP contribution is -1.91. The van der Waals surface area contributed by atoms with E-state index in [0.717, 1.165) is 14.5 Å². The van der Waals surface area contributed by atoms with Gasteiger partial charge in [0.05, 0.1) is 0 Å². The molecule has 18 heavy (non-hydrogen) atoms. The molecule has 0 aliphatic carbocycles. The molecule has 0 bridgehead atoms. The summed E-state index contributed by atoms with van der Waals surface area (Å²) < 4.78 is 1.93. The van der Waals surface area contributed by atoms with Crippen molar-refractivity contribution in [1.82, 2.24) is 19.9 Å². The summed E-state index contributed by atoms with van der Waals surface area (Å²) in [6.07, 6.45) is 1.40. The Morgan fingerprint density at radius 3 is 2.44 bits per heavy atom. The molecule has 0 saturated heterocycles. The molecule has 3 N–H and O–H groups in total. The van der Waals surface area contributed by atoms with Crippen LogP contribution in [0.25, 0.3) is 22.6 Å². The number of halogens is 2. The topological polar surface area (TPSA) is 80.5 Å². The summed E-state index contributed by atoms with van der Waals surface area (Å²) >= 11 is 6.89. The maximum Gasteiger partial charge on any atom is 0.183 e. The fraction of sp³-hybridized carbons (Fsp3) is 0. The number of benzene rings is 1. The van der Waals surface area contributed by atoms with Crippen LogP contribution in [0.15, 0.2) is 33.5 Å². The van der Waals surface area contributed by atoms with E-state index in [4.69, 9.17) is 5.73 Å². The van der Waals surface area contributed by atoms with Gasteiger partial charge in [-0.2, -0.15) is 0 Å². The maximum atomic E-state index is 5.77. The third kappa shape index (κ3) is 1.99. The number of anilines is 1. The number of aromatic nitrogens is 4. The second-order valence-electron chi connectivity index (χ2n) is 3.70. The van der Waals surface area contributed by atoms with E-state index < -0.39 is 0 Å². The molecule has 0 amide bonds. The average molecular weight is 369 g/mol. The monoisotopic (exact) mass is 367 g/mol. The van der Waals surface area contributed by atoms with Crippen molar-refractivity contribution in [2.24, 2.45) is 0 Å². The smallest absolute Gasteiger partial charge is 0.183 e. The zero-order valence-electron chi connectivity index (χ0n) is 8.98. The summed E-state index contributed by atoms with van der Waals surface area (Å²) in [4.78, 5) is 15.5. The van der Waals surface area contributed by atoms with Crippen LogP contribution < -0.4 is 5.73 Å². The second-order valence-corrected chi connectivity index (χ2v) is 5.53. The average Bonchev–Trinajstić information content (AvgIpc) is 2.73. The molecule has 0 radical (unpaired) electrons. The van der Waals surface area contributed by atoms with Gasteiger partial charge in [0.1, 0.15) is 17.7 Å². The molecule has 0 aliphatic rings. The highest BCUT2D eigenvalue weighted by Crippen LogP contribution is 2.27. The lowest BCUT2D eigenvalue weighted by atomic mass is 10.2. The van der Waals surface area contributed by atoms with Gasteiger partial charge in [-0.25, -0.2) is 15.0 Å². The Morgan fingerprint density at radius 1 is 1.06 bits per heavy atom. The van der Waals surface area contributed by atoms with Crippen molar-refractivity contribution < 1.29 is 0 Å². The summed E-state index contributed by atoms with van der Waals surface area (Å²) in [6.45, 7) is 0. The van der Waals surface area contributed by atoms with E-state index in [2.05, 4.69) is 51.8 Å². The molecule has 0 spiro atoms. The van der Waals surface area contributed by atoms with Crippen LogP contribution in [0, 0.1) is 0 Å². The Balaban J connectivity index is 2.22. The van der Waals surface area contributed by atoms with Gasteiger partial charge in [-0.15, -0.1) is 0 Å². The van der Waals surface area contributed by atoms with E-state index in [0.29, 0.717) is 22.8 Å². The van der Waals surface area contributed by atoms with Crippen LogP contribution in [0.3, 0.4) is 0 Å². The first-order chi connectivity index (χ1) is 8.63. The van der Waals surface area contributed by atoms with Gasteiger partial charge in [-0.1, -0.05) is 31.9 Å². The summed E-state index contributed by atoms with van der Waals surface area (Å²) in [6, 6.07) is 5.89. The molecule has 3 rings (SSSR count). The molecule has 5 nitrogen and oxygen atoms in total. The first-order valence-electron chi connectivity index (χ1n) is 5.06. The van der Waals surface area contributed by atoms with Gasteiger partial charge < -0.3 is 10.7 Å². The van der Waals surface area contributed by atoms with Crippen molar-refractivity contribution >= 4 is 48.8 Å². The minimum absolute atomic E-state index is 0.396. The van der Waals surface area contributed by atoms with Gasteiger partial charge >= 0.3 is 0 Å². The summed E-state index contributed by atoms with van der Waals surface area (Å²) in [5.74, 6) is 1.10. The van der Waals surface area contributed by atoms with Crippen LogP contribution in [-0.4, -0.2) is 19.9 Å². The number of H-pyrrole nitrogens is 1. The predicted molar refractivity (Wildman–Crippen MR) is 76.9 cm³/mol. The van der Waals surface area contributed by atoms with E-state index in [1.54, 1.807) is 0 Å². The molecule has 0 unspecified atom stereocenters. The van der Waals surface area contributed by atoms with Gasteiger partial charge in [0.15, 0.2) is 11.5 Å². The minimum Gasteiger partial charge on any atom is -0.382 e. The van der Waals surface area contributed by atoms with Crippen molar-refractivity contribution in [3.05, 3.63) is 33.5 Å². The van der Waals surface area contributed by atoms with Crippen molar-refractivity contribution in [3.63, 3.8) is 0 Å². The van der Waals surface area contributed by atoms with Crippen molar-refractivity contribution in [2.75, 3.05) is 5.73 Å². The Labute approximate surface area is 119 Å². The van der Waals surface area contributed by atoms with Crippen molar-refractivity contribution in [1.29, 1.82) is 0 Å². The van der Waals surface area contributed by atoms with Gasteiger partial charge in [-0.3, -0.25) is 0 Å². The molecule has 0 saturated carbocycles. The number of nitrogens with zero attached hydrogens (tertiary/aromatic N) is 3. The Hall–Kier alpha value is -1.47. The van der Waals surface area contributed by atoms with Crippen LogP contribution >= 0.6 is 31.9 Å². The highest BCUT2D eigenvalue weighted by molar-refractivity contribution is 9.11. The quantitative estimate of drug-likeness (QED) is 0.691. The first-order valence-corrected chi connectivity index (χ1v) is 6.65. The molecule has 1 aromatic carbocycles. The Kier molecular flexibility index (Phi) is 2.79. The third-order valence-electron chi connectivity index (χ3n) is 2.45. The lowest BCUT2D eigenvalue weighted by molar-refractivity contribution is 1.21. The van der Waals surface area contributed by atoms with Crippen LogP contribution in [-0.2, 0) is 0 Å². The van der Waals surface area contributed by atoms with Gasteiger partial charge in [0, 0.05) is 14.5 Å². The van der Waals surface area contributed by atoms with Crippen LogP contribution in [0.4, 0.5) is 5.82 Å². The molecule has 0 aliphatic heterocycles. The van der Waals surface area contributed by atoms with E-state index in [9.17, 15) is 0 Å². The zero-order valence-corrected chi connectivity index (χ0v) is 12.2. The standard InChI is InChI=1S/C11H7Br2N5/c12-6-1-5(2-7(13)3-6)10-17-8-9(14)15-4-16-11(8)18-10/h1-4H,(H3,14,15,16,17,18). The fourth-order valence-electron chi connectivity index (χ4n) is 1.67. The number of hydrogen-bond donors (Lipinski definition) is 2. The number of nitrogens with one attached hydrogen (secondary N) is 1. The lowest BCUT2D eigenvalue weighted by Gasteiger charge is -1.99. The third-order valence-corrected chi connectivity index (χ3v) is 3.37. The normalized spacial score (nSPS) is 11.0. The summed E-state index contributed by atoms with van der Waals surface area (Å²) in [5, 5.41) is 0. The first kappa shape index (κ1) is 11.6. The molecule has 0 atom stereocenters. The maximum absolute atomic E-state index is 5.77. The molecule has 3 aromatic rings. The van der Waals surface area contributed by atoms with Gasteiger partial charge in [0.2, 0.25) is 0 Å². The number of fused-ring (bicyclic) bond motifs is 1. The number of imidazole rings is 1. The largest absolute Gasteiger partial charge is 0.382 e. The van der Waals surface area contributed by atoms with Crippen LogP contribution in [0.5, 0.6) is 0 Å². The SMILES string of the molecule is Nc1ncnc2nc(-c3cc(Br)cc(Br)c3)[nH]c12. The number of rotatable bonds is 1. The minimum atomic E-state index is 0.396. The molecule has 2 heterocycles. The Bertz CT molecular complexity index is 717. The van der Waals surface area contributed by atoms with Gasteiger partial charge in [-0.05, 0) is 18.2 Å².